The summed E-state index contributed by atoms with van der Waals surface area (Å²) in [4.78, 5) is 0. The number of hydrogen-bond donors (Lipinski definition) is 0. The topological polar surface area (TPSA) is 0 Å². The lowest BCUT2D eigenvalue weighted by Crippen LogP contribution is -2.19. The maximum absolute atomic E-state index is 2.37. The first-order chi connectivity index (χ1) is 18.8. The van der Waals surface area contributed by atoms with Gasteiger partial charge in [-0.05, 0) is 83.8 Å². The fraction of sp³-hybridized carbons (Fsp3) is 0.400. The predicted octanol–water partition coefficient (Wildman–Crippen LogP) is 12.4. The van der Waals surface area contributed by atoms with Crippen molar-refractivity contribution in [2.75, 3.05) is 0 Å². The highest BCUT2D eigenvalue weighted by molar-refractivity contribution is 5.41. The van der Waals surface area contributed by atoms with Crippen molar-refractivity contribution in [2.24, 2.45) is 10.8 Å². The van der Waals surface area contributed by atoms with E-state index in [-0.39, 0.29) is 10.8 Å². The molecule has 0 aliphatic heterocycles. The van der Waals surface area contributed by atoms with E-state index in [4.69, 9.17) is 0 Å². The molecule has 0 N–H and O–H groups in total. The third-order valence-corrected chi connectivity index (χ3v) is 7.95. The fourth-order valence-electron chi connectivity index (χ4n) is 5.42. The van der Waals surface area contributed by atoms with Gasteiger partial charge in [0.1, 0.15) is 0 Å². The molecule has 0 heteroatoms. The monoisotopic (exact) mass is 534 g/mol. The quantitative estimate of drug-likeness (QED) is 0.193. The van der Waals surface area contributed by atoms with Gasteiger partial charge in [0.05, 0.1) is 0 Å². The van der Waals surface area contributed by atoms with E-state index in [9.17, 15) is 0 Å². The summed E-state index contributed by atoms with van der Waals surface area (Å²) >= 11 is 0. The molecule has 0 spiro atoms. The second kappa shape index (κ2) is 15.6. The lowest BCUT2D eigenvalue weighted by atomic mass is 9.72. The predicted molar refractivity (Wildman–Crippen MR) is 181 cm³/mol. The van der Waals surface area contributed by atoms with Crippen LogP contribution in [0.4, 0.5) is 0 Å². The van der Waals surface area contributed by atoms with Gasteiger partial charge in [0, 0.05) is 5.41 Å². The van der Waals surface area contributed by atoms with E-state index in [1.54, 1.807) is 5.57 Å². The van der Waals surface area contributed by atoms with Crippen LogP contribution in [-0.2, 0) is 0 Å². The molecule has 0 fully saturated rings. The Kier molecular flexibility index (Phi) is 12.9. The van der Waals surface area contributed by atoms with Gasteiger partial charge < -0.3 is 0 Å². The number of hydrogen-bond acceptors (Lipinski definition) is 0. The van der Waals surface area contributed by atoms with Gasteiger partial charge in [-0.25, -0.2) is 0 Å². The van der Waals surface area contributed by atoms with Crippen LogP contribution in [0.2, 0.25) is 0 Å². The summed E-state index contributed by atoms with van der Waals surface area (Å²) in [5, 5.41) is 0. The number of rotatable bonds is 10. The Morgan fingerprint density at radius 1 is 0.625 bits per heavy atom. The van der Waals surface area contributed by atoms with Crippen molar-refractivity contribution in [1.29, 1.82) is 0 Å². The minimum absolute atomic E-state index is 0.111. The van der Waals surface area contributed by atoms with Crippen molar-refractivity contribution < 1.29 is 0 Å². The number of allylic oxidation sites excluding steroid dienone is 24. The Balaban J connectivity index is 1.89. The smallest absolute Gasteiger partial charge is 0.00749 e. The summed E-state index contributed by atoms with van der Waals surface area (Å²) in [6, 6.07) is 0. The maximum Gasteiger partial charge on any atom is 0.00749 e. The Bertz CT molecular complexity index is 1190. The zero-order valence-corrected chi connectivity index (χ0v) is 27.1. The largest absolute Gasteiger partial charge is 0.0836 e. The molecule has 0 bridgehead atoms. The molecule has 0 aromatic carbocycles. The van der Waals surface area contributed by atoms with E-state index in [0.717, 1.165) is 6.42 Å². The first-order valence-corrected chi connectivity index (χ1v) is 15.0. The first-order valence-electron chi connectivity index (χ1n) is 15.0. The van der Waals surface area contributed by atoms with Crippen LogP contribution < -0.4 is 0 Å². The molecular formula is C40H54. The highest BCUT2D eigenvalue weighted by Crippen LogP contribution is 2.41. The Morgan fingerprint density at radius 3 is 1.60 bits per heavy atom. The zero-order valence-electron chi connectivity index (χ0n) is 27.1. The molecule has 2 aliphatic rings. The van der Waals surface area contributed by atoms with E-state index < -0.39 is 0 Å². The van der Waals surface area contributed by atoms with Gasteiger partial charge in [-0.1, -0.05) is 158 Å². The van der Waals surface area contributed by atoms with Crippen LogP contribution in [0.3, 0.4) is 0 Å². The van der Waals surface area contributed by atoms with Crippen molar-refractivity contribution in [3.05, 3.63) is 142 Å². The molecule has 0 aromatic rings. The Hall–Kier alpha value is -3.12. The molecule has 214 valence electrons. The van der Waals surface area contributed by atoms with Gasteiger partial charge in [-0.2, -0.15) is 0 Å². The molecule has 2 aliphatic carbocycles. The molecule has 0 saturated carbocycles. The highest BCUT2D eigenvalue weighted by atomic mass is 14.3. The van der Waals surface area contributed by atoms with Crippen molar-refractivity contribution in [3.8, 4) is 0 Å². The summed E-state index contributed by atoms with van der Waals surface area (Å²) in [5.74, 6) is 0. The summed E-state index contributed by atoms with van der Waals surface area (Å²) < 4.78 is 0. The van der Waals surface area contributed by atoms with Crippen LogP contribution in [0.5, 0.6) is 0 Å². The molecule has 40 heavy (non-hydrogen) atoms. The summed E-state index contributed by atoms with van der Waals surface area (Å²) in [5.41, 5.74) is 11.3. The lowest BCUT2D eigenvalue weighted by Gasteiger charge is -2.32. The van der Waals surface area contributed by atoms with Crippen LogP contribution in [-0.4, -0.2) is 0 Å². The van der Waals surface area contributed by atoms with Gasteiger partial charge >= 0.3 is 0 Å². The van der Waals surface area contributed by atoms with Crippen LogP contribution in [0.25, 0.3) is 0 Å². The van der Waals surface area contributed by atoms with Crippen LogP contribution >= 0.6 is 0 Å². The van der Waals surface area contributed by atoms with Gasteiger partial charge in [0.25, 0.3) is 0 Å². The summed E-state index contributed by atoms with van der Waals surface area (Å²) in [6.45, 7) is 22.5. The van der Waals surface area contributed by atoms with Crippen LogP contribution in [0.15, 0.2) is 142 Å². The van der Waals surface area contributed by atoms with Gasteiger partial charge in [0.2, 0.25) is 0 Å². The average molecular weight is 535 g/mol. The molecule has 0 radical (unpaired) electrons. The lowest BCUT2D eigenvalue weighted by molar-refractivity contribution is 0.377. The van der Waals surface area contributed by atoms with E-state index >= 15 is 0 Å². The minimum atomic E-state index is 0.111. The standard InChI is InChI=1S/C40H54/c1-31(19-13-21-33(3)25-27-37-35(5)23-15-29-39(37,7)8)17-11-12-18-32(2)20-14-22-34(4)26-28-38-36(6)24-16-30-40(38,9)10/h11-15,17-22,25-29H,16,23-24,30H2,1-10H3/b12-11+,19-13+,20-14+,27-25+,28-26+,31-17+,32-18+,33-21+,34-22-. The molecule has 0 heterocycles. The highest BCUT2D eigenvalue weighted by Gasteiger charge is 2.26. The average Bonchev–Trinajstić information content (AvgIpc) is 2.85. The summed E-state index contributed by atoms with van der Waals surface area (Å²) in [7, 11) is 0. The third kappa shape index (κ3) is 11.2. The van der Waals surface area contributed by atoms with Gasteiger partial charge in [-0.15, -0.1) is 0 Å². The van der Waals surface area contributed by atoms with Gasteiger partial charge in [0.15, 0.2) is 0 Å². The molecule has 0 atom stereocenters. The summed E-state index contributed by atoms with van der Waals surface area (Å²) in [6.07, 6.45) is 40.1. The molecular weight excluding hydrogens is 480 g/mol. The third-order valence-electron chi connectivity index (χ3n) is 7.95. The molecule has 0 unspecified atom stereocenters. The van der Waals surface area contributed by atoms with Crippen LogP contribution in [0, 0.1) is 10.8 Å². The second-order valence-electron chi connectivity index (χ2n) is 12.9. The Morgan fingerprint density at radius 2 is 1.10 bits per heavy atom. The van der Waals surface area contributed by atoms with Gasteiger partial charge in [-0.3, -0.25) is 0 Å². The van der Waals surface area contributed by atoms with Crippen molar-refractivity contribution >= 4 is 0 Å². The molecule has 0 saturated heterocycles. The van der Waals surface area contributed by atoms with E-state index in [1.165, 1.54) is 58.3 Å². The van der Waals surface area contributed by atoms with Crippen molar-refractivity contribution in [3.63, 3.8) is 0 Å². The van der Waals surface area contributed by atoms with E-state index in [2.05, 4.69) is 166 Å². The Labute approximate surface area is 247 Å². The molecule has 0 amide bonds. The first kappa shape index (κ1) is 33.1. The fourth-order valence-corrected chi connectivity index (χ4v) is 5.42. The van der Waals surface area contributed by atoms with E-state index in [1.807, 2.05) is 0 Å². The minimum Gasteiger partial charge on any atom is -0.0836 e. The van der Waals surface area contributed by atoms with Crippen molar-refractivity contribution in [1.82, 2.24) is 0 Å². The van der Waals surface area contributed by atoms with Crippen molar-refractivity contribution in [2.45, 2.75) is 94.9 Å². The van der Waals surface area contributed by atoms with Crippen LogP contribution in [0.1, 0.15) is 94.9 Å². The SMILES string of the molecule is CC1=C(/C=C/C(C)=C/C=C/C(C)=C/C=C/C=C(C)/C=C/C=C(C)\C=C\C2=C(C)CCCC2(C)C)C(C)(C)C=CC1. The maximum atomic E-state index is 2.37. The zero-order chi connectivity index (χ0) is 29.8. The molecule has 2 rings (SSSR count). The second-order valence-corrected chi connectivity index (χ2v) is 12.9. The molecule has 0 nitrogen and oxygen atoms in total. The van der Waals surface area contributed by atoms with E-state index in [0.29, 0.717) is 0 Å². The normalized spacial score (nSPS) is 21.6. The molecule has 0 aromatic heterocycles.